The molecule has 1 N–H and O–H groups in total. The van der Waals surface area contributed by atoms with E-state index in [-0.39, 0.29) is 6.04 Å². The molecule has 128 valence electrons. The van der Waals surface area contributed by atoms with Gasteiger partial charge >= 0.3 is 0 Å². The Bertz CT molecular complexity index is 796. The zero-order chi connectivity index (χ0) is 16.9. The highest BCUT2D eigenvalue weighted by molar-refractivity contribution is 7.09. The van der Waals surface area contributed by atoms with Gasteiger partial charge in [0.05, 0.1) is 25.8 Å². The Kier molecular flexibility index (Phi) is 4.96. The van der Waals surface area contributed by atoms with Crippen LogP contribution in [0.4, 0.5) is 11.5 Å². The SMILES string of the molecule is c1ccc(Nc2ccnc([C@H]3COCCN3Cc3nccs3)n2)cc1. The lowest BCUT2D eigenvalue weighted by atomic mass is 10.2. The number of benzene rings is 1. The lowest BCUT2D eigenvalue weighted by Crippen LogP contribution is -2.39. The molecule has 0 unspecified atom stereocenters. The summed E-state index contributed by atoms with van der Waals surface area (Å²) in [4.78, 5) is 15.9. The van der Waals surface area contributed by atoms with Crippen molar-refractivity contribution >= 4 is 22.8 Å². The van der Waals surface area contributed by atoms with Crippen LogP contribution in [0.15, 0.2) is 54.2 Å². The highest BCUT2D eigenvalue weighted by atomic mass is 32.1. The van der Waals surface area contributed by atoms with Crippen molar-refractivity contribution in [3.8, 4) is 0 Å². The summed E-state index contributed by atoms with van der Waals surface area (Å²) in [6.07, 6.45) is 3.64. The molecule has 1 aliphatic heterocycles. The average Bonchev–Trinajstić information content (AvgIpc) is 3.16. The minimum atomic E-state index is 0.0372. The van der Waals surface area contributed by atoms with Crippen LogP contribution >= 0.6 is 11.3 Å². The Morgan fingerprint density at radius 3 is 2.92 bits per heavy atom. The van der Waals surface area contributed by atoms with Crippen LogP contribution in [0, 0.1) is 0 Å². The van der Waals surface area contributed by atoms with E-state index in [0.29, 0.717) is 6.61 Å². The van der Waals surface area contributed by atoms with Crippen LogP contribution in [-0.2, 0) is 11.3 Å². The highest BCUT2D eigenvalue weighted by Crippen LogP contribution is 2.25. The van der Waals surface area contributed by atoms with Crippen LogP contribution in [0.2, 0.25) is 0 Å². The first-order valence-corrected chi connectivity index (χ1v) is 9.11. The molecule has 3 heterocycles. The fourth-order valence-corrected chi connectivity index (χ4v) is 3.48. The van der Waals surface area contributed by atoms with Gasteiger partial charge in [-0.25, -0.2) is 15.0 Å². The van der Waals surface area contributed by atoms with Crippen molar-refractivity contribution in [3.05, 3.63) is 65.0 Å². The predicted octanol–water partition coefficient (Wildman–Crippen LogP) is 3.25. The Morgan fingerprint density at radius 2 is 2.08 bits per heavy atom. The van der Waals surface area contributed by atoms with Gasteiger partial charge in [0, 0.05) is 30.0 Å². The topological polar surface area (TPSA) is 63.2 Å². The van der Waals surface area contributed by atoms with Crippen LogP contribution in [0.25, 0.3) is 0 Å². The molecule has 6 nitrogen and oxygen atoms in total. The number of hydrogen-bond acceptors (Lipinski definition) is 7. The summed E-state index contributed by atoms with van der Waals surface area (Å²) < 4.78 is 5.69. The van der Waals surface area contributed by atoms with E-state index in [9.17, 15) is 0 Å². The molecule has 1 aromatic carbocycles. The summed E-state index contributed by atoms with van der Waals surface area (Å²) in [5.41, 5.74) is 1.01. The number of aromatic nitrogens is 3. The number of morpholine rings is 1. The van der Waals surface area contributed by atoms with Gasteiger partial charge < -0.3 is 10.1 Å². The molecule has 7 heteroatoms. The molecule has 0 spiro atoms. The van der Waals surface area contributed by atoms with Gasteiger partial charge in [-0.3, -0.25) is 4.90 Å². The third-order valence-electron chi connectivity index (χ3n) is 4.08. The Morgan fingerprint density at radius 1 is 1.16 bits per heavy atom. The number of thiazole rings is 1. The molecule has 1 atom stereocenters. The van der Waals surface area contributed by atoms with E-state index in [1.54, 1.807) is 17.5 Å². The number of anilines is 2. The number of nitrogens with one attached hydrogen (secondary N) is 1. The van der Waals surface area contributed by atoms with Gasteiger partial charge in [0.2, 0.25) is 0 Å². The highest BCUT2D eigenvalue weighted by Gasteiger charge is 2.27. The first kappa shape index (κ1) is 16.1. The lowest BCUT2D eigenvalue weighted by molar-refractivity contribution is -0.0159. The molecular weight excluding hydrogens is 334 g/mol. The van der Waals surface area contributed by atoms with E-state index in [4.69, 9.17) is 9.72 Å². The normalized spacial score (nSPS) is 18.2. The summed E-state index contributed by atoms with van der Waals surface area (Å²) >= 11 is 1.67. The molecule has 1 saturated heterocycles. The molecule has 3 aromatic rings. The molecular formula is C18H19N5OS. The van der Waals surface area contributed by atoms with E-state index in [0.717, 1.165) is 42.0 Å². The van der Waals surface area contributed by atoms with Crippen molar-refractivity contribution in [2.75, 3.05) is 25.1 Å². The van der Waals surface area contributed by atoms with Crippen LogP contribution < -0.4 is 5.32 Å². The largest absolute Gasteiger partial charge is 0.378 e. The molecule has 2 aromatic heterocycles. The Hall–Kier alpha value is -2.35. The van der Waals surface area contributed by atoms with E-state index in [1.807, 2.05) is 48.0 Å². The van der Waals surface area contributed by atoms with Crippen molar-refractivity contribution in [1.29, 1.82) is 0 Å². The molecule has 0 radical (unpaired) electrons. The first-order chi connectivity index (χ1) is 12.4. The van der Waals surface area contributed by atoms with Crippen molar-refractivity contribution in [2.24, 2.45) is 0 Å². The van der Waals surface area contributed by atoms with Crippen LogP contribution in [0.3, 0.4) is 0 Å². The fourth-order valence-electron chi connectivity index (χ4n) is 2.84. The number of nitrogens with zero attached hydrogens (tertiary/aromatic N) is 4. The third-order valence-corrected chi connectivity index (χ3v) is 4.84. The maximum absolute atomic E-state index is 5.69. The monoisotopic (exact) mass is 353 g/mol. The lowest BCUT2D eigenvalue weighted by Gasteiger charge is -2.33. The van der Waals surface area contributed by atoms with Gasteiger partial charge in [0.25, 0.3) is 0 Å². The van der Waals surface area contributed by atoms with Gasteiger partial charge in [-0.15, -0.1) is 11.3 Å². The Labute approximate surface area is 150 Å². The van der Waals surface area contributed by atoms with Gasteiger partial charge in [-0.2, -0.15) is 0 Å². The first-order valence-electron chi connectivity index (χ1n) is 8.24. The third kappa shape index (κ3) is 4.01. The summed E-state index contributed by atoms with van der Waals surface area (Å²) in [6, 6.07) is 11.9. The Balaban J connectivity index is 1.53. The molecule has 25 heavy (non-hydrogen) atoms. The predicted molar refractivity (Wildman–Crippen MR) is 97.8 cm³/mol. The van der Waals surface area contributed by atoms with E-state index < -0.39 is 0 Å². The number of para-hydroxylation sites is 1. The van der Waals surface area contributed by atoms with Gasteiger partial charge in [-0.1, -0.05) is 18.2 Å². The van der Waals surface area contributed by atoms with Crippen LogP contribution in [0.1, 0.15) is 16.9 Å². The van der Waals surface area contributed by atoms with Crippen LogP contribution in [0.5, 0.6) is 0 Å². The molecule has 1 fully saturated rings. The molecule has 0 saturated carbocycles. The van der Waals surface area contributed by atoms with Crippen molar-refractivity contribution in [2.45, 2.75) is 12.6 Å². The van der Waals surface area contributed by atoms with Crippen LogP contribution in [-0.4, -0.2) is 39.6 Å². The second-order valence-corrected chi connectivity index (χ2v) is 6.76. The summed E-state index contributed by atoms with van der Waals surface area (Å²) in [7, 11) is 0. The van der Waals surface area contributed by atoms with E-state index >= 15 is 0 Å². The van der Waals surface area contributed by atoms with Gasteiger partial charge in [0.15, 0.2) is 0 Å². The minimum absolute atomic E-state index is 0.0372. The van der Waals surface area contributed by atoms with Crippen molar-refractivity contribution in [3.63, 3.8) is 0 Å². The summed E-state index contributed by atoms with van der Waals surface area (Å²) in [5, 5.41) is 6.43. The van der Waals surface area contributed by atoms with Crippen molar-refractivity contribution in [1.82, 2.24) is 19.9 Å². The average molecular weight is 353 g/mol. The molecule has 0 bridgehead atoms. The summed E-state index contributed by atoms with van der Waals surface area (Å²) in [5.74, 6) is 1.56. The molecule has 4 rings (SSSR count). The number of hydrogen-bond donors (Lipinski definition) is 1. The second-order valence-electron chi connectivity index (χ2n) is 5.78. The smallest absolute Gasteiger partial charge is 0.150 e. The molecule has 0 amide bonds. The number of ether oxygens (including phenoxy) is 1. The van der Waals surface area contributed by atoms with E-state index in [2.05, 4.69) is 20.2 Å². The fraction of sp³-hybridized carbons (Fsp3) is 0.278. The maximum Gasteiger partial charge on any atom is 0.150 e. The minimum Gasteiger partial charge on any atom is -0.378 e. The molecule has 1 aliphatic rings. The molecule has 0 aliphatic carbocycles. The second kappa shape index (κ2) is 7.69. The number of rotatable bonds is 5. The van der Waals surface area contributed by atoms with E-state index in [1.165, 1.54) is 0 Å². The van der Waals surface area contributed by atoms with Crippen molar-refractivity contribution < 1.29 is 4.74 Å². The van der Waals surface area contributed by atoms with Gasteiger partial charge in [-0.05, 0) is 18.2 Å². The standard InChI is InChI=1S/C18H19N5OS/c1-2-4-14(5-3-1)21-16-6-7-20-18(22-16)15-13-24-10-9-23(15)12-17-19-8-11-25-17/h1-8,11,15H,9-10,12-13H2,(H,20,21,22)/t15-/m1/s1. The van der Waals surface area contributed by atoms with Gasteiger partial charge in [0.1, 0.15) is 16.6 Å². The summed E-state index contributed by atoms with van der Waals surface area (Å²) in [6.45, 7) is 2.97. The zero-order valence-electron chi connectivity index (χ0n) is 13.7. The quantitative estimate of drug-likeness (QED) is 0.760. The zero-order valence-corrected chi connectivity index (χ0v) is 14.5. The maximum atomic E-state index is 5.69.